The summed E-state index contributed by atoms with van der Waals surface area (Å²) in [6, 6.07) is 3.24. The lowest BCUT2D eigenvalue weighted by atomic mass is 10.1. The minimum Gasteiger partial charge on any atom is -0.317 e. The van der Waals surface area contributed by atoms with Crippen LogP contribution in [0.15, 0.2) is 0 Å². The third-order valence-electron chi connectivity index (χ3n) is 6.30. The van der Waals surface area contributed by atoms with Crippen molar-refractivity contribution in [2.24, 2.45) is 0 Å². The molecule has 0 spiro atoms. The minimum absolute atomic E-state index is 0.638. The molecule has 0 bridgehead atoms. The second-order valence-electron chi connectivity index (χ2n) is 9.95. The smallest absolute Gasteiger partial charge is 0.00643 e. The molecule has 0 saturated carbocycles. The summed E-state index contributed by atoms with van der Waals surface area (Å²) >= 11 is 0. The van der Waals surface area contributed by atoms with Gasteiger partial charge < -0.3 is 10.2 Å². The highest BCUT2D eigenvalue weighted by molar-refractivity contribution is 4.72. The van der Waals surface area contributed by atoms with Crippen LogP contribution in [0.1, 0.15) is 94.9 Å². The summed E-state index contributed by atoms with van der Waals surface area (Å²) in [7, 11) is 0. The fourth-order valence-corrected chi connectivity index (χ4v) is 4.41. The third kappa shape index (κ3) is 13.0. The topological polar surface area (TPSA) is 21.8 Å². The highest BCUT2D eigenvalue weighted by Crippen LogP contribution is 2.10. The van der Waals surface area contributed by atoms with Gasteiger partial charge in [0, 0.05) is 30.2 Å². The van der Waals surface area contributed by atoms with Crippen LogP contribution in [0.3, 0.4) is 0 Å². The predicted octanol–water partition coefficient (Wildman–Crippen LogP) is 5.08. The monoisotopic (exact) mass is 412 g/mol. The average Bonchev–Trinajstić information content (AvgIpc) is 2.63. The molecule has 0 aliphatic carbocycles. The molecular weight excluding hydrogens is 356 g/mol. The van der Waals surface area contributed by atoms with Gasteiger partial charge in [-0.05, 0) is 127 Å². The lowest BCUT2D eigenvalue weighted by Crippen LogP contribution is -2.41. The summed E-state index contributed by atoms with van der Waals surface area (Å²) in [4.78, 5) is 7.91. The Morgan fingerprint density at radius 2 is 0.931 bits per heavy atom. The van der Waals surface area contributed by atoms with Crippen LogP contribution in [-0.2, 0) is 0 Å². The highest BCUT2D eigenvalue weighted by Gasteiger charge is 2.16. The first-order valence-corrected chi connectivity index (χ1v) is 12.6. The Bertz CT molecular complexity index is 352. The van der Waals surface area contributed by atoms with Gasteiger partial charge in [-0.25, -0.2) is 0 Å². The van der Waals surface area contributed by atoms with Gasteiger partial charge in [0.05, 0.1) is 0 Å². The molecule has 0 aliphatic heterocycles. The molecule has 4 nitrogen and oxygen atoms in total. The summed E-state index contributed by atoms with van der Waals surface area (Å²) < 4.78 is 0. The molecule has 176 valence electrons. The van der Waals surface area contributed by atoms with Crippen molar-refractivity contribution in [1.29, 1.82) is 0 Å². The first-order valence-electron chi connectivity index (χ1n) is 12.6. The summed E-state index contributed by atoms with van der Waals surface area (Å²) in [5, 5.41) is 3.67. The fourth-order valence-electron chi connectivity index (χ4n) is 4.41. The molecule has 0 aromatic rings. The summed E-state index contributed by atoms with van der Waals surface area (Å²) in [5.41, 5.74) is 0. The molecule has 0 fully saturated rings. The molecular formula is C25H56N4. The predicted molar refractivity (Wildman–Crippen MR) is 132 cm³/mol. The van der Waals surface area contributed by atoms with Crippen LogP contribution >= 0.6 is 0 Å². The molecule has 0 aliphatic rings. The van der Waals surface area contributed by atoms with E-state index in [4.69, 9.17) is 0 Å². The van der Waals surface area contributed by atoms with E-state index >= 15 is 0 Å². The van der Waals surface area contributed by atoms with Crippen molar-refractivity contribution in [3.05, 3.63) is 0 Å². The van der Waals surface area contributed by atoms with Gasteiger partial charge in [0.1, 0.15) is 0 Å². The standard InChI is InChI=1S/C25H56N4/c1-11-25(10)27(18-14-20-29(23(6)7)24(8)9)17-12-15-26-16-13-19-28(21(2)3)22(4)5/h21-26H,11-20H2,1-10H3. The van der Waals surface area contributed by atoms with Crippen molar-refractivity contribution in [1.82, 2.24) is 20.0 Å². The van der Waals surface area contributed by atoms with E-state index in [1.807, 2.05) is 0 Å². The molecule has 0 radical (unpaired) electrons. The van der Waals surface area contributed by atoms with Gasteiger partial charge in [0.25, 0.3) is 0 Å². The molecule has 4 heteroatoms. The van der Waals surface area contributed by atoms with Gasteiger partial charge in [-0.1, -0.05) is 6.92 Å². The molecule has 29 heavy (non-hydrogen) atoms. The zero-order valence-corrected chi connectivity index (χ0v) is 21.8. The number of nitrogens with one attached hydrogen (secondary N) is 1. The van der Waals surface area contributed by atoms with E-state index in [0.29, 0.717) is 30.2 Å². The Kier molecular flexibility index (Phi) is 16.4. The van der Waals surface area contributed by atoms with Crippen LogP contribution < -0.4 is 5.32 Å². The van der Waals surface area contributed by atoms with Gasteiger partial charge in [-0.2, -0.15) is 0 Å². The SMILES string of the molecule is CCC(C)N(CCCNCCCN(C(C)C)C(C)C)CCCN(C(C)C)C(C)C. The lowest BCUT2D eigenvalue weighted by Gasteiger charge is -2.33. The fraction of sp³-hybridized carbons (Fsp3) is 1.00. The molecule has 0 aromatic carbocycles. The Morgan fingerprint density at radius 1 is 0.552 bits per heavy atom. The van der Waals surface area contributed by atoms with E-state index in [-0.39, 0.29) is 0 Å². The molecule has 0 saturated heterocycles. The number of nitrogens with zero attached hydrogens (tertiary/aromatic N) is 3. The first kappa shape index (κ1) is 28.8. The van der Waals surface area contributed by atoms with Crippen molar-refractivity contribution in [3.63, 3.8) is 0 Å². The van der Waals surface area contributed by atoms with Crippen LogP contribution in [0.5, 0.6) is 0 Å². The van der Waals surface area contributed by atoms with Gasteiger partial charge in [0.2, 0.25) is 0 Å². The lowest BCUT2D eigenvalue weighted by molar-refractivity contribution is 0.146. The zero-order chi connectivity index (χ0) is 22.4. The molecule has 0 heterocycles. The minimum atomic E-state index is 0.638. The van der Waals surface area contributed by atoms with Crippen molar-refractivity contribution in [3.8, 4) is 0 Å². The van der Waals surface area contributed by atoms with Crippen LogP contribution in [0.4, 0.5) is 0 Å². The second-order valence-corrected chi connectivity index (χ2v) is 9.95. The van der Waals surface area contributed by atoms with Gasteiger partial charge in [-0.15, -0.1) is 0 Å². The summed E-state index contributed by atoms with van der Waals surface area (Å²) in [6.07, 6.45) is 5.01. The zero-order valence-electron chi connectivity index (χ0n) is 21.8. The van der Waals surface area contributed by atoms with E-state index in [9.17, 15) is 0 Å². The van der Waals surface area contributed by atoms with Gasteiger partial charge >= 0.3 is 0 Å². The summed E-state index contributed by atoms with van der Waals surface area (Å²) in [5.74, 6) is 0. The van der Waals surface area contributed by atoms with Crippen LogP contribution in [0.25, 0.3) is 0 Å². The van der Waals surface area contributed by atoms with E-state index in [1.54, 1.807) is 0 Å². The van der Waals surface area contributed by atoms with Crippen molar-refractivity contribution >= 4 is 0 Å². The Hall–Kier alpha value is -0.160. The third-order valence-corrected chi connectivity index (χ3v) is 6.30. The Morgan fingerprint density at radius 3 is 1.34 bits per heavy atom. The van der Waals surface area contributed by atoms with E-state index in [0.717, 1.165) is 13.1 Å². The van der Waals surface area contributed by atoms with Gasteiger partial charge in [0.15, 0.2) is 0 Å². The maximum absolute atomic E-state index is 3.67. The molecule has 0 amide bonds. The number of rotatable bonds is 18. The Balaban J connectivity index is 4.12. The molecule has 1 atom stereocenters. The molecule has 0 rings (SSSR count). The van der Waals surface area contributed by atoms with Crippen molar-refractivity contribution in [2.75, 3.05) is 39.3 Å². The van der Waals surface area contributed by atoms with Crippen molar-refractivity contribution < 1.29 is 0 Å². The van der Waals surface area contributed by atoms with Gasteiger partial charge in [-0.3, -0.25) is 9.80 Å². The molecule has 0 aromatic heterocycles. The maximum Gasteiger partial charge on any atom is 0.00643 e. The van der Waals surface area contributed by atoms with E-state index in [1.165, 1.54) is 51.9 Å². The largest absolute Gasteiger partial charge is 0.317 e. The molecule has 1 unspecified atom stereocenters. The molecule has 1 N–H and O–H groups in total. The second kappa shape index (κ2) is 16.5. The number of hydrogen-bond acceptors (Lipinski definition) is 4. The highest BCUT2D eigenvalue weighted by atomic mass is 15.2. The first-order chi connectivity index (χ1) is 13.6. The normalized spacial score (nSPS) is 14.0. The van der Waals surface area contributed by atoms with E-state index in [2.05, 4.69) is 89.3 Å². The summed E-state index contributed by atoms with van der Waals surface area (Å²) in [6.45, 7) is 30.3. The average molecular weight is 413 g/mol. The van der Waals surface area contributed by atoms with Crippen LogP contribution in [0.2, 0.25) is 0 Å². The van der Waals surface area contributed by atoms with Crippen molar-refractivity contribution in [2.45, 2.75) is 125 Å². The van der Waals surface area contributed by atoms with E-state index < -0.39 is 0 Å². The quantitative estimate of drug-likeness (QED) is 0.317. The van der Waals surface area contributed by atoms with Crippen LogP contribution in [0, 0.1) is 0 Å². The maximum atomic E-state index is 3.67. The number of hydrogen-bond donors (Lipinski definition) is 1. The Labute approximate surface area is 184 Å². The van der Waals surface area contributed by atoms with Crippen LogP contribution in [-0.4, -0.2) is 84.2 Å².